The van der Waals surface area contributed by atoms with E-state index >= 15 is 0 Å². The topological polar surface area (TPSA) is 89.9 Å². The number of hydrogen-bond acceptors (Lipinski definition) is 5. The Morgan fingerprint density at radius 1 is 1.50 bits per heavy atom. The Morgan fingerprint density at radius 2 is 2.32 bits per heavy atom. The van der Waals surface area contributed by atoms with Gasteiger partial charge >= 0.3 is 0 Å². The van der Waals surface area contributed by atoms with Crippen molar-refractivity contribution >= 4 is 27.5 Å². The lowest BCUT2D eigenvalue weighted by molar-refractivity contribution is 0.0996. The maximum atomic E-state index is 11.6. The highest BCUT2D eigenvalue weighted by molar-refractivity contribution is 9.10. The van der Waals surface area contributed by atoms with Crippen molar-refractivity contribution < 1.29 is 4.79 Å². The smallest absolute Gasteiger partial charge is 0.269 e. The van der Waals surface area contributed by atoms with Gasteiger partial charge < -0.3 is 15.2 Å². The predicted octanol–water partition coefficient (Wildman–Crippen LogP) is 1.46. The molecule has 0 spiro atoms. The van der Waals surface area contributed by atoms with E-state index in [2.05, 4.69) is 36.0 Å². The van der Waals surface area contributed by atoms with Crippen LogP contribution in [-0.4, -0.2) is 38.7 Å². The van der Waals surface area contributed by atoms with E-state index in [1.165, 1.54) is 0 Å². The molecule has 2 N–H and O–H groups in total. The molecule has 1 aliphatic rings. The SMILES string of the molecule is Cn1cnnc1C1CCCN(c2cc(Br)cnc2C(N)=O)C1. The minimum Gasteiger partial charge on any atom is -0.369 e. The second-order valence-corrected chi connectivity index (χ2v) is 6.39. The zero-order valence-electron chi connectivity index (χ0n) is 12.2. The molecule has 2 aromatic heterocycles. The molecule has 1 fully saturated rings. The van der Waals surface area contributed by atoms with Gasteiger partial charge in [-0.15, -0.1) is 10.2 Å². The minimum atomic E-state index is -0.511. The summed E-state index contributed by atoms with van der Waals surface area (Å²) in [5.41, 5.74) is 6.53. The van der Waals surface area contributed by atoms with E-state index in [0.29, 0.717) is 5.69 Å². The maximum absolute atomic E-state index is 11.6. The van der Waals surface area contributed by atoms with Crippen LogP contribution >= 0.6 is 15.9 Å². The zero-order chi connectivity index (χ0) is 15.7. The molecule has 3 heterocycles. The van der Waals surface area contributed by atoms with Crippen molar-refractivity contribution in [2.75, 3.05) is 18.0 Å². The number of nitrogens with zero attached hydrogens (tertiary/aromatic N) is 5. The third kappa shape index (κ3) is 2.83. The Kier molecular flexibility index (Phi) is 4.10. The average Bonchev–Trinajstić information content (AvgIpc) is 2.93. The number of anilines is 1. The Morgan fingerprint density at radius 3 is 3.00 bits per heavy atom. The minimum absolute atomic E-state index is 0.279. The van der Waals surface area contributed by atoms with Crippen molar-refractivity contribution in [1.82, 2.24) is 19.7 Å². The van der Waals surface area contributed by atoms with E-state index in [9.17, 15) is 4.79 Å². The van der Waals surface area contributed by atoms with Crippen LogP contribution < -0.4 is 10.6 Å². The molecule has 1 amide bonds. The molecule has 3 rings (SSSR count). The lowest BCUT2D eigenvalue weighted by Crippen LogP contribution is -2.37. The first-order valence-electron chi connectivity index (χ1n) is 7.10. The van der Waals surface area contributed by atoms with Crippen molar-refractivity contribution in [2.24, 2.45) is 12.8 Å². The van der Waals surface area contributed by atoms with E-state index in [1.807, 2.05) is 17.7 Å². The number of carbonyl (C=O) groups is 1. The molecule has 1 unspecified atom stereocenters. The molecule has 0 saturated carbocycles. The third-order valence-corrected chi connectivity index (χ3v) is 4.37. The molecule has 1 atom stereocenters. The first-order valence-corrected chi connectivity index (χ1v) is 7.89. The number of aryl methyl sites for hydroxylation is 1. The Labute approximate surface area is 136 Å². The Balaban J connectivity index is 1.91. The number of aromatic nitrogens is 4. The first-order chi connectivity index (χ1) is 10.6. The highest BCUT2D eigenvalue weighted by atomic mass is 79.9. The van der Waals surface area contributed by atoms with Gasteiger partial charge in [-0.1, -0.05) is 0 Å². The van der Waals surface area contributed by atoms with E-state index < -0.39 is 5.91 Å². The van der Waals surface area contributed by atoms with Gasteiger partial charge in [-0.2, -0.15) is 0 Å². The second kappa shape index (κ2) is 6.04. The second-order valence-electron chi connectivity index (χ2n) is 5.47. The molecular formula is C14H17BrN6O. The molecular weight excluding hydrogens is 348 g/mol. The molecule has 0 radical (unpaired) electrons. The lowest BCUT2D eigenvalue weighted by atomic mass is 9.96. The fourth-order valence-corrected chi connectivity index (χ4v) is 3.25. The van der Waals surface area contributed by atoms with Crippen LogP contribution in [0.15, 0.2) is 23.1 Å². The van der Waals surface area contributed by atoms with Gasteiger partial charge in [0.15, 0.2) is 5.69 Å². The van der Waals surface area contributed by atoms with Gasteiger partial charge in [0, 0.05) is 36.7 Å². The molecule has 0 aromatic carbocycles. The van der Waals surface area contributed by atoms with Gasteiger partial charge in [0.1, 0.15) is 12.2 Å². The van der Waals surface area contributed by atoms with Crippen molar-refractivity contribution in [2.45, 2.75) is 18.8 Å². The summed E-state index contributed by atoms with van der Waals surface area (Å²) in [5.74, 6) is 0.734. The van der Waals surface area contributed by atoms with Crippen LogP contribution in [0.5, 0.6) is 0 Å². The Hall–Kier alpha value is -1.96. The molecule has 1 saturated heterocycles. The standard InChI is InChI=1S/C14H17BrN6O/c1-20-8-18-19-14(20)9-3-2-4-21(7-9)11-5-10(15)6-17-12(11)13(16)22/h5-6,8-9H,2-4,7H2,1H3,(H2,16,22). The molecule has 0 aliphatic carbocycles. The summed E-state index contributed by atoms with van der Waals surface area (Å²) in [4.78, 5) is 17.9. The van der Waals surface area contributed by atoms with Crippen LogP contribution in [0.3, 0.4) is 0 Å². The number of primary amides is 1. The number of carbonyl (C=O) groups excluding carboxylic acids is 1. The monoisotopic (exact) mass is 364 g/mol. The average molecular weight is 365 g/mol. The van der Waals surface area contributed by atoms with Gasteiger partial charge in [0.2, 0.25) is 0 Å². The van der Waals surface area contributed by atoms with E-state index in [1.54, 1.807) is 12.5 Å². The lowest BCUT2D eigenvalue weighted by Gasteiger charge is -2.34. The summed E-state index contributed by atoms with van der Waals surface area (Å²) < 4.78 is 2.77. The zero-order valence-corrected chi connectivity index (χ0v) is 13.8. The number of amides is 1. The molecule has 2 aromatic rings. The van der Waals surface area contributed by atoms with Gasteiger partial charge in [0.25, 0.3) is 5.91 Å². The number of rotatable bonds is 3. The van der Waals surface area contributed by atoms with Crippen LogP contribution in [0.4, 0.5) is 5.69 Å². The van der Waals surface area contributed by atoms with Crippen LogP contribution in [0.1, 0.15) is 35.1 Å². The summed E-state index contributed by atoms with van der Waals surface area (Å²) in [6, 6.07) is 1.89. The summed E-state index contributed by atoms with van der Waals surface area (Å²) in [6.45, 7) is 1.64. The fourth-order valence-electron chi connectivity index (χ4n) is 2.93. The number of piperidine rings is 1. The van der Waals surface area contributed by atoms with Gasteiger partial charge in [-0.3, -0.25) is 4.79 Å². The van der Waals surface area contributed by atoms with Gasteiger partial charge in [-0.05, 0) is 34.8 Å². The summed E-state index contributed by atoms with van der Waals surface area (Å²) in [7, 11) is 1.95. The van der Waals surface area contributed by atoms with E-state index in [-0.39, 0.29) is 5.92 Å². The fraction of sp³-hybridized carbons (Fsp3) is 0.429. The number of halogens is 1. The normalized spacial score (nSPS) is 18.5. The number of pyridine rings is 1. The first kappa shape index (κ1) is 15.0. The Bertz CT molecular complexity index is 700. The van der Waals surface area contributed by atoms with Crippen LogP contribution in [-0.2, 0) is 7.05 Å². The van der Waals surface area contributed by atoms with Crippen molar-refractivity contribution in [1.29, 1.82) is 0 Å². The highest BCUT2D eigenvalue weighted by Crippen LogP contribution is 2.31. The summed E-state index contributed by atoms with van der Waals surface area (Å²) in [6.07, 6.45) is 5.37. The van der Waals surface area contributed by atoms with Gasteiger partial charge in [0.05, 0.1) is 5.69 Å². The molecule has 8 heteroatoms. The number of hydrogen-bond donors (Lipinski definition) is 1. The van der Waals surface area contributed by atoms with Crippen molar-refractivity contribution in [3.63, 3.8) is 0 Å². The molecule has 116 valence electrons. The van der Waals surface area contributed by atoms with E-state index in [0.717, 1.165) is 41.9 Å². The van der Waals surface area contributed by atoms with Crippen LogP contribution in [0.2, 0.25) is 0 Å². The summed E-state index contributed by atoms with van der Waals surface area (Å²) in [5, 5.41) is 8.17. The molecule has 7 nitrogen and oxygen atoms in total. The van der Waals surface area contributed by atoms with Gasteiger partial charge in [-0.25, -0.2) is 4.98 Å². The van der Waals surface area contributed by atoms with Crippen molar-refractivity contribution in [3.05, 3.63) is 34.6 Å². The van der Waals surface area contributed by atoms with Crippen LogP contribution in [0.25, 0.3) is 0 Å². The largest absolute Gasteiger partial charge is 0.369 e. The van der Waals surface area contributed by atoms with E-state index in [4.69, 9.17) is 5.73 Å². The maximum Gasteiger partial charge on any atom is 0.269 e. The third-order valence-electron chi connectivity index (χ3n) is 3.94. The molecule has 0 bridgehead atoms. The number of nitrogens with two attached hydrogens (primary N) is 1. The molecule has 22 heavy (non-hydrogen) atoms. The quantitative estimate of drug-likeness (QED) is 0.889. The highest BCUT2D eigenvalue weighted by Gasteiger charge is 2.27. The molecule has 1 aliphatic heterocycles. The predicted molar refractivity (Wildman–Crippen MR) is 85.6 cm³/mol. The summed E-state index contributed by atoms with van der Waals surface area (Å²) >= 11 is 3.41. The van der Waals surface area contributed by atoms with Crippen molar-refractivity contribution in [3.8, 4) is 0 Å². The van der Waals surface area contributed by atoms with Crippen LogP contribution in [0, 0.1) is 0 Å².